The third-order valence-corrected chi connectivity index (χ3v) is 9.60. The largest absolute Gasteiger partial charge is 0.280 e. The normalized spacial score (nSPS) is 15.4. The zero-order chi connectivity index (χ0) is 24.8. The van der Waals surface area contributed by atoms with Crippen molar-refractivity contribution in [3.05, 3.63) is 76.9 Å². The minimum Gasteiger partial charge on any atom is -0.280 e. The van der Waals surface area contributed by atoms with Gasteiger partial charge in [-0.05, 0) is 48.9 Å². The van der Waals surface area contributed by atoms with Gasteiger partial charge >= 0.3 is 0 Å². The lowest BCUT2D eigenvalue weighted by atomic mass is 10.1. The van der Waals surface area contributed by atoms with Crippen molar-refractivity contribution < 1.29 is 16.8 Å². The molecular weight excluding hydrogens is 531 g/mol. The molecule has 4 aromatic rings. The summed E-state index contributed by atoms with van der Waals surface area (Å²) in [5.74, 6) is 0.399. The van der Waals surface area contributed by atoms with E-state index in [0.29, 0.717) is 35.1 Å². The standard InChI is InChI=1S/C23H18Cl2N4O4S2/c24-19-8-6-16(12-18(19)23-26-14-15-4-1-2-5-21(15)27-23)28-35(32,33)22-9-7-17(13-20(22)25)29-10-3-11-34(29,30)31/h1-2,4-9,12-14,28H,3,10-11H2. The molecule has 2 heterocycles. The summed E-state index contributed by atoms with van der Waals surface area (Å²) in [4.78, 5) is 8.70. The molecule has 0 radical (unpaired) electrons. The molecule has 0 unspecified atom stereocenters. The highest BCUT2D eigenvalue weighted by atomic mass is 35.5. The van der Waals surface area contributed by atoms with E-state index in [-0.39, 0.29) is 21.4 Å². The number of nitrogens with zero attached hydrogens (tertiary/aromatic N) is 3. The molecule has 1 aliphatic heterocycles. The second-order valence-corrected chi connectivity index (χ2v) is 12.4. The highest BCUT2D eigenvalue weighted by Crippen LogP contribution is 2.33. The maximum Gasteiger partial charge on any atom is 0.263 e. The van der Waals surface area contributed by atoms with Crippen molar-refractivity contribution in [2.45, 2.75) is 11.3 Å². The third kappa shape index (κ3) is 4.66. The van der Waals surface area contributed by atoms with Crippen LogP contribution >= 0.6 is 23.2 Å². The van der Waals surface area contributed by atoms with Crippen molar-refractivity contribution >= 4 is 65.5 Å². The van der Waals surface area contributed by atoms with Gasteiger partial charge in [0.15, 0.2) is 5.82 Å². The maximum absolute atomic E-state index is 13.1. The molecule has 5 rings (SSSR count). The van der Waals surface area contributed by atoms with E-state index in [2.05, 4.69) is 14.7 Å². The smallest absolute Gasteiger partial charge is 0.263 e. The van der Waals surface area contributed by atoms with Gasteiger partial charge in [-0.3, -0.25) is 9.03 Å². The molecule has 0 spiro atoms. The van der Waals surface area contributed by atoms with Gasteiger partial charge in [0, 0.05) is 29.4 Å². The Hall–Kier alpha value is -2.92. The Balaban J connectivity index is 1.46. The molecule has 35 heavy (non-hydrogen) atoms. The number of halogens is 2. The van der Waals surface area contributed by atoms with E-state index in [1.807, 2.05) is 24.3 Å². The second kappa shape index (κ2) is 8.94. The first kappa shape index (κ1) is 23.8. The number of para-hydroxylation sites is 1. The molecule has 180 valence electrons. The predicted molar refractivity (Wildman–Crippen MR) is 138 cm³/mol. The third-order valence-electron chi connectivity index (χ3n) is 5.54. The van der Waals surface area contributed by atoms with Crippen molar-refractivity contribution in [1.82, 2.24) is 9.97 Å². The lowest BCUT2D eigenvalue weighted by Gasteiger charge is -2.18. The van der Waals surface area contributed by atoms with Crippen LogP contribution in [0.2, 0.25) is 10.0 Å². The Bertz CT molecular complexity index is 1680. The molecule has 0 bridgehead atoms. The fourth-order valence-electron chi connectivity index (χ4n) is 3.86. The number of aromatic nitrogens is 2. The Morgan fingerprint density at radius 2 is 1.77 bits per heavy atom. The number of hydrogen-bond donors (Lipinski definition) is 1. The van der Waals surface area contributed by atoms with Gasteiger partial charge < -0.3 is 0 Å². The number of sulfonamides is 2. The lowest BCUT2D eigenvalue weighted by molar-refractivity contribution is 0.599. The van der Waals surface area contributed by atoms with Gasteiger partial charge in [0.2, 0.25) is 10.0 Å². The van der Waals surface area contributed by atoms with Gasteiger partial charge in [-0.15, -0.1) is 0 Å². The van der Waals surface area contributed by atoms with Gasteiger partial charge in [-0.1, -0.05) is 41.4 Å². The van der Waals surface area contributed by atoms with Crippen LogP contribution in [0.1, 0.15) is 6.42 Å². The van der Waals surface area contributed by atoms with Crippen molar-refractivity contribution in [3.8, 4) is 11.4 Å². The molecule has 3 aromatic carbocycles. The number of benzene rings is 3. The van der Waals surface area contributed by atoms with Crippen LogP contribution < -0.4 is 9.03 Å². The van der Waals surface area contributed by atoms with Gasteiger partial charge in [0.05, 0.1) is 27.0 Å². The summed E-state index contributed by atoms with van der Waals surface area (Å²) in [7, 11) is -7.51. The van der Waals surface area contributed by atoms with Gasteiger partial charge in [0.1, 0.15) is 4.90 Å². The van der Waals surface area contributed by atoms with Crippen LogP contribution in [0.15, 0.2) is 71.8 Å². The molecule has 0 saturated carbocycles. The van der Waals surface area contributed by atoms with Crippen LogP contribution in [-0.2, 0) is 20.0 Å². The number of fused-ring (bicyclic) bond motifs is 1. The van der Waals surface area contributed by atoms with E-state index in [9.17, 15) is 16.8 Å². The fourth-order valence-corrected chi connectivity index (χ4v) is 7.21. The molecule has 0 atom stereocenters. The van der Waals surface area contributed by atoms with Crippen LogP contribution in [0.4, 0.5) is 11.4 Å². The Labute approximate surface area is 212 Å². The van der Waals surface area contributed by atoms with Crippen molar-refractivity contribution in [3.63, 3.8) is 0 Å². The minimum atomic E-state index is -4.09. The number of anilines is 2. The topological polar surface area (TPSA) is 109 Å². The molecule has 1 fully saturated rings. The summed E-state index contributed by atoms with van der Waals surface area (Å²) in [5.41, 5.74) is 1.75. The van der Waals surface area contributed by atoms with E-state index < -0.39 is 20.0 Å². The number of rotatable bonds is 5. The summed E-state index contributed by atoms with van der Waals surface area (Å²) in [5, 5.41) is 1.13. The molecule has 0 aliphatic carbocycles. The molecule has 1 aliphatic rings. The first-order valence-corrected chi connectivity index (χ1v) is 14.3. The molecule has 1 aromatic heterocycles. The van der Waals surface area contributed by atoms with Crippen molar-refractivity contribution in [2.24, 2.45) is 0 Å². The Morgan fingerprint density at radius 3 is 2.51 bits per heavy atom. The highest BCUT2D eigenvalue weighted by Gasteiger charge is 2.29. The summed E-state index contributed by atoms with van der Waals surface area (Å²) in [6.07, 6.45) is 2.17. The van der Waals surface area contributed by atoms with E-state index in [1.165, 1.54) is 28.6 Å². The first-order chi connectivity index (χ1) is 16.6. The Morgan fingerprint density at radius 1 is 0.971 bits per heavy atom. The zero-order valence-corrected chi connectivity index (χ0v) is 21.2. The van der Waals surface area contributed by atoms with E-state index in [0.717, 1.165) is 10.9 Å². The average molecular weight is 549 g/mol. The molecule has 0 amide bonds. The second-order valence-electron chi connectivity index (χ2n) is 7.91. The quantitative estimate of drug-likeness (QED) is 0.378. The monoisotopic (exact) mass is 548 g/mol. The number of hydrogen-bond acceptors (Lipinski definition) is 6. The van der Waals surface area contributed by atoms with E-state index in [1.54, 1.807) is 18.3 Å². The van der Waals surface area contributed by atoms with Crippen LogP contribution in [0, 0.1) is 0 Å². The first-order valence-electron chi connectivity index (χ1n) is 10.5. The molecular formula is C23H18Cl2N4O4S2. The average Bonchev–Trinajstić information content (AvgIpc) is 3.18. The molecule has 1 N–H and O–H groups in total. The van der Waals surface area contributed by atoms with Crippen LogP contribution in [0.25, 0.3) is 22.3 Å². The van der Waals surface area contributed by atoms with Crippen LogP contribution in [-0.4, -0.2) is 39.1 Å². The van der Waals surface area contributed by atoms with Gasteiger partial charge in [-0.25, -0.2) is 26.8 Å². The van der Waals surface area contributed by atoms with E-state index >= 15 is 0 Å². The number of nitrogens with one attached hydrogen (secondary N) is 1. The van der Waals surface area contributed by atoms with Crippen molar-refractivity contribution in [1.29, 1.82) is 0 Å². The van der Waals surface area contributed by atoms with Crippen molar-refractivity contribution in [2.75, 3.05) is 21.3 Å². The van der Waals surface area contributed by atoms with Gasteiger partial charge in [-0.2, -0.15) is 0 Å². The zero-order valence-electron chi connectivity index (χ0n) is 18.0. The van der Waals surface area contributed by atoms with Crippen LogP contribution in [0.3, 0.4) is 0 Å². The summed E-state index contributed by atoms with van der Waals surface area (Å²) in [6, 6.07) is 16.2. The van der Waals surface area contributed by atoms with Crippen LogP contribution in [0.5, 0.6) is 0 Å². The molecule has 12 heteroatoms. The molecule has 8 nitrogen and oxygen atoms in total. The summed E-state index contributed by atoms with van der Waals surface area (Å²) < 4.78 is 54.3. The molecule has 1 saturated heterocycles. The van der Waals surface area contributed by atoms with E-state index in [4.69, 9.17) is 23.2 Å². The van der Waals surface area contributed by atoms with Gasteiger partial charge in [0.25, 0.3) is 10.0 Å². The summed E-state index contributed by atoms with van der Waals surface area (Å²) in [6.45, 7) is 0.327. The summed E-state index contributed by atoms with van der Waals surface area (Å²) >= 11 is 12.6. The maximum atomic E-state index is 13.1. The Kier molecular flexibility index (Phi) is 6.08. The SMILES string of the molecule is O=S(=O)(Nc1ccc(Cl)c(-c2ncc3ccccc3n2)c1)c1ccc(N2CCCS2(=O)=O)cc1Cl. The lowest BCUT2D eigenvalue weighted by Crippen LogP contribution is -2.25. The fraction of sp³-hybridized carbons (Fsp3) is 0.130. The highest BCUT2D eigenvalue weighted by molar-refractivity contribution is 7.93. The predicted octanol–water partition coefficient (Wildman–Crippen LogP) is 4.94. The minimum absolute atomic E-state index is 0.0477.